The number of nitrogens with zero attached hydrogens (tertiary/aromatic N) is 2. The van der Waals surface area contributed by atoms with Crippen molar-refractivity contribution >= 4 is 17.5 Å². The number of nitrogens with one attached hydrogen (secondary N) is 1. The van der Waals surface area contributed by atoms with Crippen molar-refractivity contribution < 1.29 is 23.8 Å². The van der Waals surface area contributed by atoms with Crippen LogP contribution in [0.25, 0.3) is 0 Å². The minimum atomic E-state index is -0.603. The monoisotopic (exact) mass is 539 g/mol. The largest absolute Gasteiger partial charge is 0.454 e. The van der Waals surface area contributed by atoms with Gasteiger partial charge in [-0.15, -0.1) is 0 Å². The van der Waals surface area contributed by atoms with Gasteiger partial charge in [-0.1, -0.05) is 30.3 Å². The Labute approximate surface area is 233 Å². The number of carbonyl (C=O) groups excluding carboxylic acids is 2. The maximum absolute atomic E-state index is 14.1. The van der Waals surface area contributed by atoms with Gasteiger partial charge in [-0.2, -0.15) is 0 Å². The Kier molecular flexibility index (Phi) is 6.55. The lowest BCUT2D eigenvalue weighted by molar-refractivity contribution is -0.127. The first-order valence-electron chi connectivity index (χ1n) is 14.2. The van der Waals surface area contributed by atoms with E-state index in [1.54, 1.807) is 4.90 Å². The van der Waals surface area contributed by atoms with Crippen molar-refractivity contribution in [1.29, 1.82) is 0 Å². The molecule has 8 nitrogen and oxygen atoms in total. The Bertz CT molecular complexity index is 1450. The van der Waals surface area contributed by atoms with E-state index in [-0.39, 0.29) is 24.6 Å². The van der Waals surface area contributed by atoms with Crippen LogP contribution in [0.1, 0.15) is 51.5 Å². The van der Waals surface area contributed by atoms with Crippen molar-refractivity contribution in [3.05, 3.63) is 88.5 Å². The van der Waals surface area contributed by atoms with E-state index in [4.69, 9.17) is 14.2 Å². The second-order valence-corrected chi connectivity index (χ2v) is 10.9. The number of fused-ring (bicyclic) bond motifs is 3. The Balaban J connectivity index is 1.17. The van der Waals surface area contributed by atoms with E-state index >= 15 is 0 Å². The summed E-state index contributed by atoms with van der Waals surface area (Å²) < 4.78 is 16.7. The average molecular weight is 540 g/mol. The molecule has 2 unspecified atom stereocenters. The summed E-state index contributed by atoms with van der Waals surface area (Å²) in [6, 6.07) is 19.2. The molecule has 1 N–H and O–H groups in total. The molecule has 0 radical (unpaired) electrons. The first-order valence-corrected chi connectivity index (χ1v) is 14.2. The number of morpholine rings is 1. The lowest BCUT2D eigenvalue weighted by Crippen LogP contribution is -2.53. The Morgan fingerprint density at radius 3 is 2.52 bits per heavy atom. The van der Waals surface area contributed by atoms with Gasteiger partial charge in [0.1, 0.15) is 6.04 Å². The van der Waals surface area contributed by atoms with Crippen LogP contribution in [0.5, 0.6) is 11.5 Å². The molecular formula is C32H33N3O5. The SMILES string of the molecule is O=C(NC1CCCc2cc3c(cc21)OCO3)C1Cc2ccccc2CN1C(=O)c1cccc(N2CCOCC2)c1. The number of hydrogen-bond acceptors (Lipinski definition) is 6. The lowest BCUT2D eigenvalue weighted by Gasteiger charge is -2.37. The third-order valence-electron chi connectivity index (χ3n) is 8.55. The van der Waals surface area contributed by atoms with Crippen LogP contribution in [0.3, 0.4) is 0 Å². The van der Waals surface area contributed by atoms with Gasteiger partial charge in [-0.25, -0.2) is 0 Å². The fourth-order valence-corrected chi connectivity index (χ4v) is 6.40. The number of ether oxygens (including phenoxy) is 3. The molecule has 3 aliphatic heterocycles. The maximum Gasteiger partial charge on any atom is 0.254 e. The molecule has 3 aromatic rings. The lowest BCUT2D eigenvalue weighted by atomic mass is 9.86. The summed E-state index contributed by atoms with van der Waals surface area (Å²) in [7, 11) is 0. The van der Waals surface area contributed by atoms with E-state index in [0.717, 1.165) is 66.2 Å². The molecule has 1 aliphatic carbocycles. The van der Waals surface area contributed by atoms with Gasteiger partial charge in [-0.3, -0.25) is 9.59 Å². The molecule has 40 heavy (non-hydrogen) atoms. The first-order chi connectivity index (χ1) is 19.6. The van der Waals surface area contributed by atoms with Crippen LogP contribution >= 0.6 is 0 Å². The quantitative estimate of drug-likeness (QED) is 0.540. The third kappa shape index (κ3) is 4.66. The number of carbonyl (C=O) groups is 2. The molecule has 2 atom stereocenters. The minimum Gasteiger partial charge on any atom is -0.454 e. The first kappa shape index (κ1) is 25.0. The van der Waals surface area contributed by atoms with Crippen molar-refractivity contribution in [1.82, 2.24) is 10.2 Å². The molecule has 3 aromatic carbocycles. The molecule has 0 spiro atoms. The van der Waals surface area contributed by atoms with Gasteiger partial charge in [0.05, 0.1) is 19.3 Å². The predicted octanol–water partition coefficient (Wildman–Crippen LogP) is 4.01. The van der Waals surface area contributed by atoms with E-state index < -0.39 is 6.04 Å². The number of aryl methyl sites for hydroxylation is 1. The normalized spacial score (nSPS) is 21.4. The van der Waals surface area contributed by atoms with Crippen LogP contribution in [-0.4, -0.2) is 55.9 Å². The molecule has 8 heteroatoms. The molecule has 1 fully saturated rings. The van der Waals surface area contributed by atoms with Crippen molar-refractivity contribution in [2.24, 2.45) is 0 Å². The van der Waals surface area contributed by atoms with Crippen molar-refractivity contribution in [2.75, 3.05) is 38.0 Å². The molecule has 206 valence electrons. The summed E-state index contributed by atoms with van der Waals surface area (Å²) in [5, 5.41) is 3.31. The second-order valence-electron chi connectivity index (χ2n) is 10.9. The molecular weight excluding hydrogens is 506 g/mol. The molecule has 3 heterocycles. The van der Waals surface area contributed by atoms with Crippen molar-refractivity contribution in [3.63, 3.8) is 0 Å². The average Bonchev–Trinajstić information content (AvgIpc) is 3.47. The van der Waals surface area contributed by atoms with Crippen molar-refractivity contribution in [3.8, 4) is 11.5 Å². The molecule has 0 bridgehead atoms. The van der Waals surface area contributed by atoms with Crippen molar-refractivity contribution in [2.45, 2.75) is 44.3 Å². The fraction of sp³-hybridized carbons (Fsp3) is 0.375. The molecule has 7 rings (SSSR count). The van der Waals surface area contributed by atoms with E-state index in [1.165, 1.54) is 5.56 Å². The van der Waals surface area contributed by atoms with Gasteiger partial charge in [0.2, 0.25) is 12.7 Å². The fourth-order valence-electron chi connectivity index (χ4n) is 6.40. The number of hydrogen-bond donors (Lipinski definition) is 1. The van der Waals surface area contributed by atoms with Gasteiger partial charge in [0, 0.05) is 37.3 Å². The summed E-state index contributed by atoms with van der Waals surface area (Å²) in [4.78, 5) is 32.0. The van der Waals surface area contributed by atoms with E-state index in [1.807, 2.05) is 54.6 Å². The van der Waals surface area contributed by atoms with E-state index in [0.29, 0.717) is 31.7 Å². The highest BCUT2D eigenvalue weighted by molar-refractivity contribution is 5.98. The van der Waals surface area contributed by atoms with Crippen LogP contribution in [-0.2, 0) is 28.9 Å². The highest BCUT2D eigenvalue weighted by Gasteiger charge is 2.37. The zero-order chi connectivity index (χ0) is 27.1. The summed E-state index contributed by atoms with van der Waals surface area (Å²) in [6.07, 6.45) is 3.25. The molecule has 0 saturated carbocycles. The van der Waals surface area contributed by atoms with Gasteiger partial charge in [0.25, 0.3) is 5.91 Å². The van der Waals surface area contributed by atoms with Crippen LogP contribution in [0.15, 0.2) is 60.7 Å². The van der Waals surface area contributed by atoms with Gasteiger partial charge in [0.15, 0.2) is 11.5 Å². The summed E-state index contributed by atoms with van der Waals surface area (Å²) in [6.45, 7) is 3.56. The topological polar surface area (TPSA) is 80.3 Å². The van der Waals surface area contributed by atoms with Crippen LogP contribution in [0.2, 0.25) is 0 Å². The highest BCUT2D eigenvalue weighted by atomic mass is 16.7. The zero-order valence-corrected chi connectivity index (χ0v) is 22.4. The highest BCUT2D eigenvalue weighted by Crippen LogP contribution is 2.40. The summed E-state index contributed by atoms with van der Waals surface area (Å²) >= 11 is 0. The number of anilines is 1. The second kappa shape index (κ2) is 10.5. The third-order valence-corrected chi connectivity index (χ3v) is 8.55. The minimum absolute atomic E-state index is 0.122. The standard InChI is InChI=1S/C32H33N3O5/c36-31(33-27-10-4-7-22-17-29-30(18-26(22)27)40-20-39-29)28-16-21-5-1-2-6-24(21)19-35(28)32(37)23-8-3-9-25(15-23)34-11-13-38-14-12-34/h1-3,5-6,8-9,15,17-18,27-28H,4,7,10-14,16,19-20H2,(H,33,36). The van der Waals surface area contributed by atoms with Gasteiger partial charge >= 0.3 is 0 Å². The Hall–Kier alpha value is -4.04. The number of benzene rings is 3. The van der Waals surface area contributed by atoms with E-state index in [9.17, 15) is 9.59 Å². The maximum atomic E-state index is 14.1. The molecule has 1 saturated heterocycles. The van der Waals surface area contributed by atoms with Gasteiger partial charge in [-0.05, 0) is 71.8 Å². The van der Waals surface area contributed by atoms with Gasteiger partial charge < -0.3 is 29.3 Å². The predicted molar refractivity (Wildman–Crippen MR) is 150 cm³/mol. The molecule has 2 amide bonds. The summed E-state index contributed by atoms with van der Waals surface area (Å²) in [5.74, 6) is 1.24. The zero-order valence-electron chi connectivity index (χ0n) is 22.4. The Morgan fingerprint density at radius 2 is 1.68 bits per heavy atom. The number of amides is 2. The Morgan fingerprint density at radius 1 is 0.875 bits per heavy atom. The molecule has 0 aromatic heterocycles. The van der Waals surface area contributed by atoms with Crippen LogP contribution in [0, 0.1) is 0 Å². The number of rotatable bonds is 4. The van der Waals surface area contributed by atoms with Crippen LogP contribution in [0.4, 0.5) is 5.69 Å². The van der Waals surface area contributed by atoms with E-state index in [2.05, 4.69) is 16.3 Å². The van der Waals surface area contributed by atoms with Crippen LogP contribution < -0.4 is 19.7 Å². The summed E-state index contributed by atoms with van der Waals surface area (Å²) in [5.41, 5.74) is 6.06. The smallest absolute Gasteiger partial charge is 0.254 e. The molecule has 4 aliphatic rings.